The van der Waals surface area contributed by atoms with E-state index in [4.69, 9.17) is 0 Å². The predicted octanol–water partition coefficient (Wildman–Crippen LogP) is 3.22. The Kier molecular flexibility index (Phi) is 3.08. The minimum atomic E-state index is -4.41. The van der Waals surface area contributed by atoms with Gasteiger partial charge in [0.25, 0.3) is 0 Å². The highest BCUT2D eigenvalue weighted by Gasteiger charge is 2.31. The third-order valence-electron chi connectivity index (χ3n) is 3.04. The van der Waals surface area contributed by atoms with Crippen molar-refractivity contribution in [1.82, 2.24) is 19.0 Å². The number of fused-ring (bicyclic) bond motifs is 1. The topological polar surface area (TPSA) is 55.1 Å². The third kappa shape index (κ3) is 2.23. The smallest absolute Gasteiger partial charge is 0.378 e. The lowest BCUT2D eigenvalue weighted by molar-refractivity contribution is -0.137. The molecule has 110 valence electrons. The molecule has 0 radical (unpaired) electrons. The maximum atomic E-state index is 12.8. The number of anilines is 1. The van der Waals surface area contributed by atoms with Crippen LogP contribution >= 0.6 is 11.5 Å². The molecule has 0 spiro atoms. The van der Waals surface area contributed by atoms with Crippen molar-refractivity contribution in [3.8, 4) is 11.4 Å². The Hall–Kier alpha value is -2.16. The van der Waals surface area contributed by atoms with Crippen molar-refractivity contribution >= 4 is 22.2 Å². The molecule has 9 heteroatoms. The molecule has 0 saturated heterocycles. The SMILES string of the molecule is CNc1snc(C)c1-c1nnc2ccc(C(F)(F)F)cn12. The van der Waals surface area contributed by atoms with Crippen LogP contribution in [-0.2, 0) is 6.18 Å². The molecule has 0 aromatic carbocycles. The first-order chi connectivity index (χ1) is 9.91. The van der Waals surface area contributed by atoms with Crippen LogP contribution in [0.3, 0.4) is 0 Å². The fourth-order valence-corrected chi connectivity index (χ4v) is 2.77. The largest absolute Gasteiger partial charge is 0.417 e. The van der Waals surface area contributed by atoms with Crippen molar-refractivity contribution in [2.75, 3.05) is 12.4 Å². The molecule has 0 unspecified atom stereocenters. The fourth-order valence-electron chi connectivity index (χ4n) is 2.03. The van der Waals surface area contributed by atoms with Gasteiger partial charge in [-0.05, 0) is 30.6 Å². The van der Waals surface area contributed by atoms with Gasteiger partial charge in [-0.25, -0.2) is 0 Å². The van der Waals surface area contributed by atoms with Gasteiger partial charge in [-0.2, -0.15) is 17.5 Å². The molecule has 3 rings (SSSR count). The second kappa shape index (κ2) is 4.69. The number of nitrogens with one attached hydrogen (secondary N) is 1. The van der Waals surface area contributed by atoms with Gasteiger partial charge in [-0.15, -0.1) is 10.2 Å². The van der Waals surface area contributed by atoms with Crippen LogP contribution in [0.5, 0.6) is 0 Å². The normalized spacial score (nSPS) is 12.0. The van der Waals surface area contributed by atoms with Crippen LogP contribution in [0, 0.1) is 6.92 Å². The zero-order chi connectivity index (χ0) is 15.2. The monoisotopic (exact) mass is 313 g/mol. The Balaban J connectivity index is 2.26. The van der Waals surface area contributed by atoms with Gasteiger partial charge < -0.3 is 5.32 Å². The van der Waals surface area contributed by atoms with Crippen LogP contribution in [0.25, 0.3) is 17.0 Å². The van der Waals surface area contributed by atoms with E-state index < -0.39 is 11.7 Å². The minimum Gasteiger partial charge on any atom is -0.378 e. The molecule has 0 aliphatic rings. The van der Waals surface area contributed by atoms with E-state index in [-0.39, 0.29) is 0 Å². The summed E-state index contributed by atoms with van der Waals surface area (Å²) >= 11 is 1.23. The van der Waals surface area contributed by atoms with E-state index in [1.165, 1.54) is 22.0 Å². The summed E-state index contributed by atoms with van der Waals surface area (Å²) in [5.41, 5.74) is 0.957. The molecule has 5 nitrogen and oxygen atoms in total. The number of hydrogen-bond acceptors (Lipinski definition) is 5. The van der Waals surface area contributed by atoms with Gasteiger partial charge in [0.05, 0.1) is 16.8 Å². The van der Waals surface area contributed by atoms with Crippen molar-refractivity contribution < 1.29 is 13.2 Å². The Morgan fingerprint density at radius 1 is 1.24 bits per heavy atom. The molecule has 3 aromatic rings. The predicted molar refractivity (Wildman–Crippen MR) is 73.4 cm³/mol. The molecule has 0 aliphatic carbocycles. The summed E-state index contributed by atoms with van der Waals surface area (Å²) < 4.78 is 44.1. The zero-order valence-electron chi connectivity index (χ0n) is 11.1. The van der Waals surface area contributed by atoms with Gasteiger partial charge in [0.15, 0.2) is 11.5 Å². The number of alkyl halides is 3. The van der Waals surface area contributed by atoms with Gasteiger partial charge in [0.1, 0.15) is 5.00 Å². The molecule has 3 heterocycles. The lowest BCUT2D eigenvalue weighted by Crippen LogP contribution is -2.06. The highest BCUT2D eigenvalue weighted by molar-refractivity contribution is 7.10. The molecule has 3 aromatic heterocycles. The van der Waals surface area contributed by atoms with Crippen molar-refractivity contribution in [2.45, 2.75) is 13.1 Å². The molecule has 0 saturated carbocycles. The average molecular weight is 313 g/mol. The van der Waals surface area contributed by atoms with Gasteiger partial charge in [0, 0.05) is 13.2 Å². The van der Waals surface area contributed by atoms with Gasteiger partial charge >= 0.3 is 6.18 Å². The molecule has 0 fully saturated rings. The molecular formula is C12H10F3N5S. The first-order valence-corrected chi connectivity index (χ1v) is 6.75. The van der Waals surface area contributed by atoms with Crippen LogP contribution < -0.4 is 5.32 Å². The van der Waals surface area contributed by atoms with E-state index >= 15 is 0 Å². The standard InChI is InChI=1S/C12H10F3N5S/c1-6-9(11(16-2)21-19-6)10-18-17-8-4-3-7(5-20(8)10)12(13,14)15/h3-5,16H,1-2H3. The Morgan fingerprint density at radius 2 is 2.00 bits per heavy atom. The van der Waals surface area contributed by atoms with Crippen LogP contribution in [-0.4, -0.2) is 26.0 Å². The molecular weight excluding hydrogens is 303 g/mol. The van der Waals surface area contributed by atoms with E-state index in [0.29, 0.717) is 22.7 Å². The Labute approximate surface area is 121 Å². The first kappa shape index (κ1) is 13.8. The van der Waals surface area contributed by atoms with E-state index in [2.05, 4.69) is 19.9 Å². The zero-order valence-corrected chi connectivity index (χ0v) is 11.9. The second-order valence-corrected chi connectivity index (χ2v) is 5.16. The number of rotatable bonds is 2. The summed E-state index contributed by atoms with van der Waals surface area (Å²) in [6.07, 6.45) is -3.41. The summed E-state index contributed by atoms with van der Waals surface area (Å²) in [5.74, 6) is 0.340. The minimum absolute atomic E-state index is 0.340. The number of aromatic nitrogens is 4. The Bertz CT molecular complexity index is 805. The number of hydrogen-bond donors (Lipinski definition) is 1. The molecule has 0 aliphatic heterocycles. The number of halogens is 3. The number of aryl methyl sites for hydroxylation is 1. The lowest BCUT2D eigenvalue weighted by atomic mass is 10.2. The van der Waals surface area contributed by atoms with Gasteiger partial charge in [-0.3, -0.25) is 4.40 Å². The summed E-state index contributed by atoms with van der Waals surface area (Å²) in [7, 11) is 1.72. The summed E-state index contributed by atoms with van der Waals surface area (Å²) in [4.78, 5) is 0. The van der Waals surface area contributed by atoms with Crippen molar-refractivity contribution in [2.24, 2.45) is 0 Å². The van der Waals surface area contributed by atoms with Crippen LogP contribution in [0.15, 0.2) is 18.3 Å². The van der Waals surface area contributed by atoms with E-state index in [1.54, 1.807) is 14.0 Å². The summed E-state index contributed by atoms with van der Waals surface area (Å²) in [6, 6.07) is 2.29. The number of pyridine rings is 1. The molecule has 21 heavy (non-hydrogen) atoms. The second-order valence-electron chi connectivity index (χ2n) is 4.39. The molecule has 1 N–H and O–H groups in total. The summed E-state index contributed by atoms with van der Waals surface area (Å²) in [5, 5.41) is 11.6. The molecule has 0 atom stereocenters. The average Bonchev–Trinajstić information content (AvgIpc) is 2.99. The molecule has 0 bridgehead atoms. The van der Waals surface area contributed by atoms with Crippen molar-refractivity contribution in [3.63, 3.8) is 0 Å². The van der Waals surface area contributed by atoms with Gasteiger partial charge in [-0.1, -0.05) is 0 Å². The molecule has 0 amide bonds. The lowest BCUT2D eigenvalue weighted by Gasteiger charge is -2.08. The van der Waals surface area contributed by atoms with Gasteiger partial charge in [0.2, 0.25) is 0 Å². The maximum Gasteiger partial charge on any atom is 0.417 e. The van der Waals surface area contributed by atoms with Crippen molar-refractivity contribution in [1.29, 1.82) is 0 Å². The third-order valence-corrected chi connectivity index (χ3v) is 4.00. The van der Waals surface area contributed by atoms with E-state index in [9.17, 15) is 13.2 Å². The van der Waals surface area contributed by atoms with E-state index in [0.717, 1.165) is 17.3 Å². The highest BCUT2D eigenvalue weighted by Crippen LogP contribution is 2.35. The van der Waals surface area contributed by atoms with Crippen LogP contribution in [0.4, 0.5) is 18.2 Å². The van der Waals surface area contributed by atoms with E-state index in [1.807, 2.05) is 0 Å². The van der Waals surface area contributed by atoms with Crippen LogP contribution in [0.1, 0.15) is 11.3 Å². The first-order valence-electron chi connectivity index (χ1n) is 5.98. The fraction of sp³-hybridized carbons (Fsp3) is 0.250. The number of nitrogens with zero attached hydrogens (tertiary/aromatic N) is 4. The summed E-state index contributed by atoms with van der Waals surface area (Å²) in [6.45, 7) is 1.78. The Morgan fingerprint density at radius 3 is 2.67 bits per heavy atom. The quantitative estimate of drug-likeness (QED) is 0.789. The maximum absolute atomic E-state index is 12.8. The highest BCUT2D eigenvalue weighted by atomic mass is 32.1. The van der Waals surface area contributed by atoms with Crippen molar-refractivity contribution in [3.05, 3.63) is 29.6 Å². The van der Waals surface area contributed by atoms with Crippen LogP contribution in [0.2, 0.25) is 0 Å².